The van der Waals surface area contributed by atoms with Gasteiger partial charge in [-0.2, -0.15) is 0 Å². The molecular formula is C63H121NO10. The van der Waals surface area contributed by atoms with E-state index in [0.717, 1.165) is 38.5 Å². The van der Waals surface area contributed by atoms with E-state index in [0.29, 0.717) is 19.3 Å². The van der Waals surface area contributed by atoms with Crippen LogP contribution in [0.1, 0.15) is 303 Å². The molecule has 0 bridgehead atoms. The van der Waals surface area contributed by atoms with Crippen LogP contribution in [0.25, 0.3) is 0 Å². The maximum Gasteiger partial charge on any atom is 0.249 e. The maximum atomic E-state index is 13.1. The van der Waals surface area contributed by atoms with Crippen LogP contribution < -0.4 is 5.32 Å². The summed E-state index contributed by atoms with van der Waals surface area (Å²) in [6.45, 7) is 3.32. The lowest BCUT2D eigenvalue weighted by Crippen LogP contribution is -2.60. The van der Waals surface area contributed by atoms with Crippen molar-refractivity contribution in [1.82, 2.24) is 5.32 Å². The van der Waals surface area contributed by atoms with E-state index < -0.39 is 74.2 Å². The van der Waals surface area contributed by atoms with Crippen molar-refractivity contribution in [3.05, 3.63) is 24.3 Å². The summed E-state index contributed by atoms with van der Waals surface area (Å²) in [4.78, 5) is 13.1. The number of unbranched alkanes of at least 4 members (excludes halogenated alkanes) is 39. The summed E-state index contributed by atoms with van der Waals surface area (Å²) in [6.07, 6.45) is 53.3. The fourth-order valence-corrected chi connectivity index (χ4v) is 10.4. The van der Waals surface area contributed by atoms with Gasteiger partial charge in [-0.1, -0.05) is 282 Å². The Hall–Kier alpha value is -1.41. The number of aliphatic hydroxyl groups excluding tert-OH is 7. The van der Waals surface area contributed by atoms with E-state index in [1.54, 1.807) is 0 Å². The Balaban J connectivity index is 2.05. The molecule has 8 N–H and O–H groups in total. The highest BCUT2D eigenvalue weighted by molar-refractivity contribution is 5.80. The molecule has 1 heterocycles. The van der Waals surface area contributed by atoms with E-state index in [2.05, 4.69) is 37.4 Å². The third-order valence-electron chi connectivity index (χ3n) is 15.5. The zero-order valence-electron chi connectivity index (χ0n) is 48.1. The predicted octanol–water partition coefficient (Wildman–Crippen LogP) is 14.1. The number of nitrogens with one attached hydrogen (secondary N) is 1. The van der Waals surface area contributed by atoms with E-state index in [1.165, 1.54) is 218 Å². The second-order valence-electron chi connectivity index (χ2n) is 22.4. The van der Waals surface area contributed by atoms with Crippen LogP contribution in [0.15, 0.2) is 24.3 Å². The number of aliphatic hydroxyl groups is 7. The standard InChI is InChI=1S/C63H121NO10/c1-3-5-7-9-11-13-14-15-16-17-18-19-20-21-22-23-24-25-26-27-28-29-30-31-32-33-34-35-36-37-38-39-40-41-43-45-47-49-51-56(67)62(72)64-54(53-73-63-61(71)60(70)59(69)57(52-65)74-63)58(68)55(66)50-48-46-44-42-12-10-8-6-4-2/h6,8,42,44,54-61,63,65-71H,3-5,7,9-41,43,45-53H2,1-2H3,(H,64,72)/b8-6+,44-42+. The number of hydrogen-bond acceptors (Lipinski definition) is 10. The third kappa shape index (κ3) is 39.9. The van der Waals surface area contributed by atoms with Gasteiger partial charge in [0, 0.05) is 0 Å². The Morgan fingerprint density at radius 3 is 1.22 bits per heavy atom. The van der Waals surface area contributed by atoms with Crippen molar-refractivity contribution in [3.8, 4) is 0 Å². The second-order valence-corrected chi connectivity index (χ2v) is 22.4. The van der Waals surface area contributed by atoms with Gasteiger partial charge in [0.25, 0.3) is 0 Å². The highest BCUT2D eigenvalue weighted by Crippen LogP contribution is 2.24. The van der Waals surface area contributed by atoms with Crippen molar-refractivity contribution in [2.75, 3.05) is 13.2 Å². The quantitative estimate of drug-likeness (QED) is 0.0215. The maximum absolute atomic E-state index is 13.1. The Morgan fingerprint density at radius 1 is 0.473 bits per heavy atom. The lowest BCUT2D eigenvalue weighted by atomic mass is 9.98. The fraction of sp³-hybridized carbons (Fsp3) is 0.921. The van der Waals surface area contributed by atoms with Gasteiger partial charge < -0.3 is 50.5 Å². The number of hydrogen-bond donors (Lipinski definition) is 8. The minimum atomic E-state index is -1.67. The summed E-state index contributed by atoms with van der Waals surface area (Å²) >= 11 is 0. The molecule has 0 saturated carbocycles. The zero-order valence-corrected chi connectivity index (χ0v) is 48.1. The van der Waals surface area contributed by atoms with Crippen LogP contribution in [0.2, 0.25) is 0 Å². The summed E-state index contributed by atoms with van der Waals surface area (Å²) in [5, 5.41) is 75.7. The molecule has 11 nitrogen and oxygen atoms in total. The van der Waals surface area contributed by atoms with Crippen molar-refractivity contribution in [3.63, 3.8) is 0 Å². The van der Waals surface area contributed by atoms with Crippen LogP contribution in [0.4, 0.5) is 0 Å². The number of ether oxygens (including phenoxy) is 2. The molecule has 1 aliphatic rings. The molecule has 0 spiro atoms. The van der Waals surface area contributed by atoms with E-state index >= 15 is 0 Å². The molecule has 1 aliphatic heterocycles. The Kier molecular flexibility index (Phi) is 49.9. The first-order valence-electron chi connectivity index (χ1n) is 31.7. The molecule has 1 amide bonds. The van der Waals surface area contributed by atoms with E-state index in [9.17, 15) is 40.5 Å². The third-order valence-corrected chi connectivity index (χ3v) is 15.5. The van der Waals surface area contributed by atoms with Gasteiger partial charge in [-0.25, -0.2) is 0 Å². The zero-order chi connectivity index (χ0) is 54.0. The minimum absolute atomic E-state index is 0.246. The number of carbonyl (C=O) groups excluding carboxylic acids is 1. The summed E-state index contributed by atoms with van der Waals surface area (Å²) in [5.41, 5.74) is 0. The molecule has 0 aliphatic carbocycles. The van der Waals surface area contributed by atoms with Gasteiger partial charge in [0.15, 0.2) is 6.29 Å². The van der Waals surface area contributed by atoms with Gasteiger partial charge >= 0.3 is 0 Å². The van der Waals surface area contributed by atoms with E-state index in [1.807, 2.05) is 6.08 Å². The molecule has 438 valence electrons. The SMILES string of the molecule is CC/C=C/CC/C=C/CCCC(O)C(O)C(COC1OC(CO)C(O)C(O)C1O)NC(=O)C(O)CCCCCCCCCCCCCCCCCCCCCCCCCCCCCCCCCCCCCCCC. The second kappa shape index (κ2) is 52.3. The molecule has 74 heavy (non-hydrogen) atoms. The van der Waals surface area contributed by atoms with Crippen molar-refractivity contribution in [2.24, 2.45) is 0 Å². The molecule has 0 aromatic carbocycles. The number of allylic oxidation sites excluding steroid dienone is 4. The van der Waals surface area contributed by atoms with E-state index in [-0.39, 0.29) is 12.8 Å². The first-order chi connectivity index (χ1) is 36.2. The first-order valence-corrected chi connectivity index (χ1v) is 31.7. The van der Waals surface area contributed by atoms with E-state index in [4.69, 9.17) is 9.47 Å². The Morgan fingerprint density at radius 2 is 0.838 bits per heavy atom. The highest BCUT2D eigenvalue weighted by atomic mass is 16.7. The van der Waals surface area contributed by atoms with Crippen molar-refractivity contribution >= 4 is 5.91 Å². The van der Waals surface area contributed by atoms with Crippen LogP contribution in [0.3, 0.4) is 0 Å². The highest BCUT2D eigenvalue weighted by Gasteiger charge is 2.44. The number of carbonyl (C=O) groups is 1. The van der Waals surface area contributed by atoms with Crippen molar-refractivity contribution in [2.45, 2.75) is 358 Å². The molecule has 1 rings (SSSR count). The van der Waals surface area contributed by atoms with Gasteiger partial charge in [-0.05, 0) is 44.9 Å². The molecule has 0 aromatic heterocycles. The average Bonchev–Trinajstić information content (AvgIpc) is 3.40. The number of rotatable bonds is 55. The molecular weight excluding hydrogens is 931 g/mol. The van der Waals surface area contributed by atoms with Gasteiger partial charge in [0.05, 0.1) is 25.4 Å². The van der Waals surface area contributed by atoms with Crippen LogP contribution in [-0.4, -0.2) is 110 Å². The summed E-state index contributed by atoms with van der Waals surface area (Å²) < 4.78 is 11.1. The van der Waals surface area contributed by atoms with Gasteiger partial charge in [0.1, 0.15) is 36.6 Å². The molecule has 9 atom stereocenters. The van der Waals surface area contributed by atoms with Crippen LogP contribution in [0, 0.1) is 0 Å². The topological polar surface area (TPSA) is 189 Å². The van der Waals surface area contributed by atoms with Gasteiger partial charge in [0.2, 0.25) is 5.91 Å². The summed E-state index contributed by atoms with van der Waals surface area (Å²) in [6, 6.07) is -1.19. The molecule has 1 fully saturated rings. The lowest BCUT2D eigenvalue weighted by molar-refractivity contribution is -0.303. The van der Waals surface area contributed by atoms with Gasteiger partial charge in [-0.3, -0.25) is 4.79 Å². The molecule has 0 radical (unpaired) electrons. The van der Waals surface area contributed by atoms with Crippen molar-refractivity contribution < 1.29 is 50.0 Å². The summed E-state index contributed by atoms with van der Waals surface area (Å²) in [7, 11) is 0. The largest absolute Gasteiger partial charge is 0.394 e. The number of amides is 1. The molecule has 9 unspecified atom stereocenters. The predicted molar refractivity (Wildman–Crippen MR) is 307 cm³/mol. The summed E-state index contributed by atoms with van der Waals surface area (Å²) in [5.74, 6) is -0.708. The normalized spacial score (nSPS) is 19.9. The molecule has 0 aromatic rings. The average molecular weight is 1050 g/mol. The molecule has 11 heteroatoms. The fourth-order valence-electron chi connectivity index (χ4n) is 10.4. The Bertz CT molecular complexity index is 1250. The first kappa shape index (κ1) is 70.6. The smallest absolute Gasteiger partial charge is 0.249 e. The van der Waals surface area contributed by atoms with Crippen LogP contribution >= 0.6 is 0 Å². The minimum Gasteiger partial charge on any atom is -0.394 e. The van der Waals surface area contributed by atoms with Gasteiger partial charge in [-0.15, -0.1) is 0 Å². The molecule has 1 saturated heterocycles. The van der Waals surface area contributed by atoms with Crippen LogP contribution in [-0.2, 0) is 14.3 Å². The monoisotopic (exact) mass is 1050 g/mol. The van der Waals surface area contributed by atoms with Crippen LogP contribution in [0.5, 0.6) is 0 Å². The lowest BCUT2D eigenvalue weighted by Gasteiger charge is -2.40. The Labute approximate surface area is 454 Å². The van der Waals surface area contributed by atoms with Crippen molar-refractivity contribution in [1.29, 1.82) is 0 Å².